The zero-order valence-electron chi connectivity index (χ0n) is 8.68. The van der Waals surface area contributed by atoms with Crippen LogP contribution < -0.4 is 0 Å². The van der Waals surface area contributed by atoms with E-state index in [0.29, 0.717) is 11.1 Å². The van der Waals surface area contributed by atoms with E-state index in [4.69, 9.17) is 11.6 Å². The maximum Gasteiger partial charge on any atom is 0.136 e. The van der Waals surface area contributed by atoms with Crippen molar-refractivity contribution in [3.63, 3.8) is 0 Å². The molecular weight excluding hydrogens is 196 g/mol. The van der Waals surface area contributed by atoms with Crippen molar-refractivity contribution < 1.29 is 0 Å². The van der Waals surface area contributed by atoms with E-state index >= 15 is 0 Å². The monoisotopic (exact) mass is 210 g/mol. The third-order valence-electron chi connectivity index (χ3n) is 2.95. The Morgan fingerprint density at radius 2 is 2.14 bits per heavy atom. The van der Waals surface area contributed by atoms with E-state index in [1.54, 1.807) is 0 Å². The minimum atomic E-state index is 0.415. The van der Waals surface area contributed by atoms with Crippen LogP contribution in [-0.2, 0) is 12.8 Å². The minimum Gasteiger partial charge on any atom is -0.237 e. The number of nitrogens with zero attached hydrogens (tertiary/aromatic N) is 2. The van der Waals surface area contributed by atoms with Gasteiger partial charge < -0.3 is 0 Å². The number of hydrogen-bond donors (Lipinski definition) is 0. The van der Waals surface area contributed by atoms with Crippen LogP contribution in [0.4, 0.5) is 0 Å². The van der Waals surface area contributed by atoms with Crippen LogP contribution in [0.2, 0.25) is 5.15 Å². The van der Waals surface area contributed by atoms with Crippen molar-refractivity contribution in [2.75, 3.05) is 0 Å². The summed E-state index contributed by atoms with van der Waals surface area (Å²) >= 11 is 6.12. The number of aromatic nitrogens is 2. The van der Waals surface area contributed by atoms with Crippen molar-refractivity contribution in [2.24, 2.45) is 0 Å². The molecule has 1 aromatic heterocycles. The SMILES string of the molecule is CCC(C)c1nc(Cl)c2c(n1)CCC2. The molecule has 1 aliphatic carbocycles. The molecule has 1 unspecified atom stereocenters. The summed E-state index contributed by atoms with van der Waals surface area (Å²) in [7, 11) is 0. The fourth-order valence-electron chi connectivity index (χ4n) is 1.81. The van der Waals surface area contributed by atoms with Crippen molar-refractivity contribution in [1.29, 1.82) is 0 Å². The van der Waals surface area contributed by atoms with Crippen molar-refractivity contribution in [2.45, 2.75) is 45.4 Å². The van der Waals surface area contributed by atoms with Gasteiger partial charge in [0.1, 0.15) is 11.0 Å². The van der Waals surface area contributed by atoms with E-state index in [1.165, 1.54) is 17.7 Å². The molecule has 0 bridgehead atoms. The summed E-state index contributed by atoms with van der Waals surface area (Å²) in [5.74, 6) is 1.33. The summed E-state index contributed by atoms with van der Waals surface area (Å²) in [6.07, 6.45) is 4.36. The summed E-state index contributed by atoms with van der Waals surface area (Å²) in [6, 6.07) is 0. The Hall–Kier alpha value is -0.630. The minimum absolute atomic E-state index is 0.415. The molecule has 1 aromatic rings. The molecule has 0 aliphatic heterocycles. The number of aryl methyl sites for hydroxylation is 1. The zero-order valence-corrected chi connectivity index (χ0v) is 9.43. The molecule has 0 saturated heterocycles. The maximum absolute atomic E-state index is 6.12. The molecular formula is C11H15ClN2. The molecule has 14 heavy (non-hydrogen) atoms. The molecule has 2 nitrogen and oxygen atoms in total. The fourth-order valence-corrected chi connectivity index (χ4v) is 2.10. The average Bonchev–Trinajstić information content (AvgIpc) is 2.64. The summed E-state index contributed by atoms with van der Waals surface area (Å²) in [4.78, 5) is 8.96. The van der Waals surface area contributed by atoms with Gasteiger partial charge in [-0.3, -0.25) is 0 Å². The van der Waals surface area contributed by atoms with Crippen LogP contribution in [0.15, 0.2) is 0 Å². The van der Waals surface area contributed by atoms with Gasteiger partial charge in [-0.2, -0.15) is 0 Å². The second-order valence-corrected chi connectivity index (χ2v) is 4.32. The van der Waals surface area contributed by atoms with Gasteiger partial charge in [0.2, 0.25) is 0 Å². The predicted molar refractivity (Wildman–Crippen MR) is 57.8 cm³/mol. The van der Waals surface area contributed by atoms with Gasteiger partial charge in [-0.15, -0.1) is 0 Å². The van der Waals surface area contributed by atoms with E-state index in [2.05, 4.69) is 23.8 Å². The molecule has 0 amide bonds. The molecule has 1 atom stereocenters. The van der Waals surface area contributed by atoms with Crippen LogP contribution in [0.1, 0.15) is 49.7 Å². The Kier molecular flexibility index (Phi) is 2.73. The van der Waals surface area contributed by atoms with E-state index in [-0.39, 0.29) is 0 Å². The maximum atomic E-state index is 6.12. The number of hydrogen-bond acceptors (Lipinski definition) is 2. The van der Waals surface area contributed by atoms with Gasteiger partial charge in [-0.05, 0) is 25.7 Å². The smallest absolute Gasteiger partial charge is 0.136 e. The highest BCUT2D eigenvalue weighted by Crippen LogP contribution is 2.28. The third kappa shape index (κ3) is 1.63. The standard InChI is InChI=1S/C11H15ClN2/c1-3-7(2)11-13-9-6-4-5-8(9)10(12)14-11/h7H,3-6H2,1-2H3. The normalized spacial score (nSPS) is 16.8. The number of halogens is 1. The highest BCUT2D eigenvalue weighted by atomic mass is 35.5. The first-order valence-corrected chi connectivity index (χ1v) is 5.65. The molecule has 0 radical (unpaired) electrons. The lowest BCUT2D eigenvalue weighted by Gasteiger charge is -2.09. The first kappa shape index (κ1) is 9.91. The predicted octanol–water partition coefficient (Wildman–Crippen LogP) is 3.13. The Morgan fingerprint density at radius 3 is 2.86 bits per heavy atom. The zero-order chi connectivity index (χ0) is 10.1. The summed E-state index contributed by atoms with van der Waals surface area (Å²) < 4.78 is 0. The van der Waals surface area contributed by atoms with Gasteiger partial charge in [-0.1, -0.05) is 25.4 Å². The van der Waals surface area contributed by atoms with Gasteiger partial charge >= 0.3 is 0 Å². The molecule has 3 heteroatoms. The quantitative estimate of drug-likeness (QED) is 0.701. The van der Waals surface area contributed by atoms with E-state index in [9.17, 15) is 0 Å². The van der Waals surface area contributed by atoms with E-state index < -0.39 is 0 Å². The molecule has 0 aromatic carbocycles. The van der Waals surface area contributed by atoms with E-state index in [0.717, 1.165) is 25.1 Å². The third-order valence-corrected chi connectivity index (χ3v) is 3.27. The average molecular weight is 211 g/mol. The molecule has 2 rings (SSSR count). The van der Waals surface area contributed by atoms with Crippen LogP contribution in [-0.4, -0.2) is 9.97 Å². The Labute approximate surface area is 89.7 Å². The Morgan fingerprint density at radius 1 is 1.36 bits per heavy atom. The first-order valence-electron chi connectivity index (χ1n) is 5.27. The van der Waals surface area contributed by atoms with Crippen molar-refractivity contribution >= 4 is 11.6 Å². The van der Waals surface area contributed by atoms with Gasteiger partial charge in [0, 0.05) is 17.2 Å². The van der Waals surface area contributed by atoms with Crippen molar-refractivity contribution in [3.8, 4) is 0 Å². The van der Waals surface area contributed by atoms with Crippen LogP contribution in [0, 0.1) is 0 Å². The molecule has 76 valence electrons. The van der Waals surface area contributed by atoms with Gasteiger partial charge in [0.15, 0.2) is 0 Å². The van der Waals surface area contributed by atoms with Crippen LogP contribution in [0.3, 0.4) is 0 Å². The fraction of sp³-hybridized carbons (Fsp3) is 0.636. The lowest BCUT2D eigenvalue weighted by molar-refractivity contribution is 0.672. The topological polar surface area (TPSA) is 25.8 Å². The van der Waals surface area contributed by atoms with Crippen molar-refractivity contribution in [1.82, 2.24) is 9.97 Å². The molecule has 1 aliphatic rings. The second-order valence-electron chi connectivity index (χ2n) is 3.96. The second kappa shape index (κ2) is 3.85. The molecule has 1 heterocycles. The molecule has 0 saturated carbocycles. The van der Waals surface area contributed by atoms with E-state index in [1.807, 2.05) is 0 Å². The number of fused-ring (bicyclic) bond motifs is 1. The highest BCUT2D eigenvalue weighted by Gasteiger charge is 2.19. The highest BCUT2D eigenvalue weighted by molar-refractivity contribution is 6.30. The Balaban J connectivity index is 2.41. The van der Waals surface area contributed by atoms with Gasteiger partial charge in [-0.25, -0.2) is 9.97 Å². The lowest BCUT2D eigenvalue weighted by Crippen LogP contribution is -2.04. The van der Waals surface area contributed by atoms with Crippen molar-refractivity contribution in [3.05, 3.63) is 22.2 Å². The molecule has 0 spiro atoms. The van der Waals surface area contributed by atoms with Gasteiger partial charge in [0.05, 0.1) is 0 Å². The van der Waals surface area contributed by atoms with Crippen LogP contribution in [0.25, 0.3) is 0 Å². The van der Waals surface area contributed by atoms with Gasteiger partial charge in [0.25, 0.3) is 0 Å². The summed E-state index contributed by atoms with van der Waals surface area (Å²) in [5.41, 5.74) is 2.36. The molecule has 0 fully saturated rings. The van der Waals surface area contributed by atoms with Crippen LogP contribution in [0.5, 0.6) is 0 Å². The summed E-state index contributed by atoms with van der Waals surface area (Å²) in [5, 5.41) is 0.683. The van der Waals surface area contributed by atoms with Crippen LogP contribution >= 0.6 is 11.6 Å². The summed E-state index contributed by atoms with van der Waals surface area (Å²) in [6.45, 7) is 4.29. The number of rotatable bonds is 2. The molecule has 0 N–H and O–H groups in total. The lowest BCUT2D eigenvalue weighted by atomic mass is 10.1. The largest absolute Gasteiger partial charge is 0.237 e. The first-order chi connectivity index (χ1) is 6.72. The Bertz CT molecular complexity index is 349.